The summed E-state index contributed by atoms with van der Waals surface area (Å²) in [6.45, 7) is 2.89. The lowest BCUT2D eigenvalue weighted by molar-refractivity contribution is -0.153. The Kier molecular flexibility index (Phi) is 2.98. The lowest BCUT2D eigenvalue weighted by Gasteiger charge is -2.01. The highest BCUT2D eigenvalue weighted by atomic mass is 19.4. The number of halogens is 3. The third-order valence-electron chi connectivity index (χ3n) is 1.49. The average molecular weight is 193 g/mol. The second kappa shape index (κ2) is 3.83. The molecule has 1 heterocycles. The number of rotatable bonds is 3. The number of furan rings is 1. The predicted molar refractivity (Wildman–Crippen MR) is 41.1 cm³/mol. The van der Waals surface area contributed by atoms with E-state index in [2.05, 4.69) is 9.73 Å². The van der Waals surface area contributed by atoms with Gasteiger partial charge in [0.25, 0.3) is 0 Å². The Balaban J connectivity index is 2.64. The molecule has 1 rings (SSSR count). The highest BCUT2D eigenvalue weighted by Gasteiger charge is 2.34. The molecule has 0 spiro atoms. The van der Waals surface area contributed by atoms with E-state index in [1.165, 1.54) is 6.07 Å². The number of hydrogen-bond donors (Lipinski definition) is 1. The molecule has 0 bridgehead atoms. The van der Waals surface area contributed by atoms with Crippen LogP contribution in [0.5, 0.6) is 0 Å². The number of nitrogens with one attached hydrogen (secondary N) is 1. The smallest absolute Gasteiger partial charge is 0.449 e. The fourth-order valence-corrected chi connectivity index (χ4v) is 0.873. The zero-order chi connectivity index (χ0) is 9.90. The molecule has 2 nitrogen and oxygen atoms in total. The van der Waals surface area contributed by atoms with Crippen molar-refractivity contribution < 1.29 is 17.6 Å². The highest BCUT2D eigenvalue weighted by molar-refractivity contribution is 5.09. The summed E-state index contributed by atoms with van der Waals surface area (Å²) >= 11 is 0. The zero-order valence-corrected chi connectivity index (χ0v) is 7.11. The van der Waals surface area contributed by atoms with Gasteiger partial charge in [0.15, 0.2) is 0 Å². The van der Waals surface area contributed by atoms with Gasteiger partial charge in [-0.1, -0.05) is 6.92 Å². The maximum atomic E-state index is 12.0. The first-order valence-corrected chi connectivity index (χ1v) is 3.90. The van der Waals surface area contributed by atoms with E-state index in [0.29, 0.717) is 18.8 Å². The first-order valence-electron chi connectivity index (χ1n) is 3.90. The molecule has 0 aliphatic heterocycles. The Hall–Kier alpha value is -0.970. The van der Waals surface area contributed by atoms with Crippen LogP contribution < -0.4 is 5.32 Å². The summed E-state index contributed by atoms with van der Waals surface area (Å²) in [4.78, 5) is 0. The second-order valence-electron chi connectivity index (χ2n) is 2.54. The predicted octanol–water partition coefficient (Wildman–Crippen LogP) is 2.41. The molecule has 0 atom stereocenters. The Labute approximate surface area is 73.7 Å². The third kappa shape index (κ3) is 2.77. The van der Waals surface area contributed by atoms with Gasteiger partial charge in [-0.25, -0.2) is 0 Å². The van der Waals surface area contributed by atoms with Gasteiger partial charge in [-0.05, 0) is 18.7 Å². The van der Waals surface area contributed by atoms with Crippen LogP contribution in [0.4, 0.5) is 13.2 Å². The molecule has 0 aliphatic carbocycles. The van der Waals surface area contributed by atoms with Gasteiger partial charge in [-0.15, -0.1) is 0 Å². The Morgan fingerprint density at radius 3 is 2.54 bits per heavy atom. The molecule has 13 heavy (non-hydrogen) atoms. The molecule has 0 aromatic carbocycles. The van der Waals surface area contributed by atoms with E-state index in [9.17, 15) is 13.2 Å². The first-order chi connectivity index (χ1) is 6.04. The highest BCUT2D eigenvalue weighted by Crippen LogP contribution is 2.30. The summed E-state index contributed by atoms with van der Waals surface area (Å²) in [7, 11) is 0. The largest absolute Gasteiger partial charge is 0.455 e. The van der Waals surface area contributed by atoms with Crippen molar-refractivity contribution in [3.8, 4) is 0 Å². The summed E-state index contributed by atoms with van der Waals surface area (Å²) in [5.41, 5.74) is 0. The van der Waals surface area contributed by atoms with Crippen LogP contribution in [0.2, 0.25) is 0 Å². The molecule has 0 radical (unpaired) electrons. The van der Waals surface area contributed by atoms with Gasteiger partial charge in [0, 0.05) is 0 Å². The molecule has 1 aromatic rings. The van der Waals surface area contributed by atoms with Crippen molar-refractivity contribution in [2.75, 3.05) is 6.54 Å². The molecule has 74 valence electrons. The third-order valence-corrected chi connectivity index (χ3v) is 1.49. The van der Waals surface area contributed by atoms with E-state index in [-0.39, 0.29) is 0 Å². The van der Waals surface area contributed by atoms with Crippen LogP contribution in [-0.2, 0) is 12.7 Å². The summed E-state index contributed by atoms with van der Waals surface area (Å²) in [5, 5.41) is 2.87. The molecule has 0 fully saturated rings. The van der Waals surface area contributed by atoms with E-state index < -0.39 is 11.9 Å². The van der Waals surface area contributed by atoms with Crippen molar-refractivity contribution >= 4 is 0 Å². The Bertz CT molecular complexity index is 267. The monoisotopic (exact) mass is 193 g/mol. The first kappa shape index (κ1) is 10.1. The number of alkyl halides is 3. The van der Waals surface area contributed by atoms with Crippen LogP contribution in [0.15, 0.2) is 16.5 Å². The molecular weight excluding hydrogens is 183 g/mol. The quantitative estimate of drug-likeness (QED) is 0.797. The van der Waals surface area contributed by atoms with Crippen LogP contribution >= 0.6 is 0 Å². The van der Waals surface area contributed by atoms with Crippen molar-refractivity contribution in [2.45, 2.75) is 19.6 Å². The van der Waals surface area contributed by atoms with E-state index in [0.717, 1.165) is 6.07 Å². The lowest BCUT2D eigenvalue weighted by Crippen LogP contribution is -2.11. The van der Waals surface area contributed by atoms with Gasteiger partial charge in [-0.2, -0.15) is 13.2 Å². The SMILES string of the molecule is CCNCc1ccc(C(F)(F)F)o1. The van der Waals surface area contributed by atoms with Crippen molar-refractivity contribution in [3.05, 3.63) is 23.7 Å². The molecular formula is C8H10F3NO. The van der Waals surface area contributed by atoms with E-state index in [1.54, 1.807) is 0 Å². The van der Waals surface area contributed by atoms with E-state index in [4.69, 9.17) is 0 Å². The fraction of sp³-hybridized carbons (Fsp3) is 0.500. The van der Waals surface area contributed by atoms with Gasteiger partial charge in [0.05, 0.1) is 6.54 Å². The molecule has 0 unspecified atom stereocenters. The maximum Gasteiger partial charge on any atom is 0.449 e. The molecule has 0 aliphatic rings. The molecule has 1 N–H and O–H groups in total. The van der Waals surface area contributed by atoms with E-state index in [1.807, 2.05) is 6.92 Å². The Morgan fingerprint density at radius 2 is 2.08 bits per heavy atom. The van der Waals surface area contributed by atoms with Crippen molar-refractivity contribution in [3.63, 3.8) is 0 Å². The van der Waals surface area contributed by atoms with Crippen LogP contribution in [0, 0.1) is 0 Å². The molecule has 5 heteroatoms. The normalized spacial score (nSPS) is 12.0. The van der Waals surface area contributed by atoms with Gasteiger partial charge in [-0.3, -0.25) is 0 Å². The van der Waals surface area contributed by atoms with Crippen LogP contribution in [0.1, 0.15) is 18.4 Å². The second-order valence-corrected chi connectivity index (χ2v) is 2.54. The maximum absolute atomic E-state index is 12.0. The van der Waals surface area contributed by atoms with Crippen LogP contribution in [0.25, 0.3) is 0 Å². The topological polar surface area (TPSA) is 25.2 Å². The summed E-state index contributed by atoms with van der Waals surface area (Å²) in [6.07, 6.45) is -4.38. The van der Waals surface area contributed by atoms with Gasteiger partial charge in [0.2, 0.25) is 5.76 Å². The van der Waals surface area contributed by atoms with E-state index >= 15 is 0 Å². The standard InChI is InChI=1S/C8H10F3NO/c1-2-12-5-6-3-4-7(13-6)8(9,10)11/h3-4,12H,2,5H2,1H3. The van der Waals surface area contributed by atoms with Gasteiger partial charge < -0.3 is 9.73 Å². The average Bonchev–Trinajstić information content (AvgIpc) is 2.47. The van der Waals surface area contributed by atoms with Crippen LogP contribution in [0.3, 0.4) is 0 Å². The lowest BCUT2D eigenvalue weighted by atomic mass is 10.4. The zero-order valence-electron chi connectivity index (χ0n) is 7.11. The summed E-state index contributed by atoms with van der Waals surface area (Å²) in [6, 6.07) is 2.26. The molecule has 0 amide bonds. The van der Waals surface area contributed by atoms with Crippen molar-refractivity contribution in [1.29, 1.82) is 0 Å². The number of hydrogen-bond acceptors (Lipinski definition) is 2. The molecule has 1 aromatic heterocycles. The minimum Gasteiger partial charge on any atom is -0.455 e. The minimum atomic E-state index is -4.38. The van der Waals surface area contributed by atoms with Gasteiger partial charge in [0.1, 0.15) is 5.76 Å². The summed E-state index contributed by atoms with van der Waals surface area (Å²) in [5.74, 6) is -0.644. The molecule has 0 saturated carbocycles. The van der Waals surface area contributed by atoms with Crippen molar-refractivity contribution in [2.24, 2.45) is 0 Å². The minimum absolute atomic E-state index is 0.300. The Morgan fingerprint density at radius 1 is 1.38 bits per heavy atom. The fourth-order valence-electron chi connectivity index (χ4n) is 0.873. The van der Waals surface area contributed by atoms with Gasteiger partial charge >= 0.3 is 6.18 Å². The molecule has 0 saturated heterocycles. The van der Waals surface area contributed by atoms with Crippen molar-refractivity contribution in [1.82, 2.24) is 5.32 Å². The van der Waals surface area contributed by atoms with Crippen LogP contribution in [-0.4, -0.2) is 6.54 Å². The summed E-state index contributed by atoms with van der Waals surface area (Å²) < 4.78 is 40.6.